The second kappa shape index (κ2) is 3.79. The largest absolute Gasteiger partial charge is 0.359 e. The highest BCUT2D eigenvalue weighted by Gasteiger charge is 2.23. The number of aromatic amines is 1. The van der Waals surface area contributed by atoms with Crippen molar-refractivity contribution in [3.05, 3.63) is 22.7 Å². The van der Waals surface area contributed by atoms with Crippen LogP contribution in [0.1, 0.15) is 20.8 Å². The van der Waals surface area contributed by atoms with Crippen LogP contribution in [0, 0.1) is 0 Å². The average molecular weight is 196 g/mol. The van der Waals surface area contributed by atoms with Gasteiger partial charge in [-0.2, -0.15) is 0 Å². The molecular weight excluding hydrogens is 180 g/mol. The number of aromatic nitrogens is 2. The van der Waals surface area contributed by atoms with Crippen LogP contribution in [0.3, 0.4) is 0 Å². The van der Waals surface area contributed by atoms with Gasteiger partial charge < -0.3 is 16.0 Å². The van der Waals surface area contributed by atoms with Gasteiger partial charge in [-0.05, 0) is 20.8 Å². The normalized spacial score (nSPS) is 13.7. The zero-order valence-electron chi connectivity index (χ0n) is 8.66. The van der Waals surface area contributed by atoms with Crippen molar-refractivity contribution in [2.24, 2.45) is 5.73 Å². The van der Waals surface area contributed by atoms with Gasteiger partial charge in [0.1, 0.15) is 0 Å². The lowest BCUT2D eigenvalue weighted by Crippen LogP contribution is -2.48. The fraction of sp³-hybridized carbons (Fsp3) is 0.556. The Hall–Kier alpha value is -1.36. The van der Waals surface area contributed by atoms with Crippen LogP contribution in [0.4, 0.5) is 5.82 Å². The van der Waals surface area contributed by atoms with Crippen molar-refractivity contribution in [3.63, 3.8) is 0 Å². The van der Waals surface area contributed by atoms with Crippen LogP contribution in [0.5, 0.6) is 0 Å². The summed E-state index contributed by atoms with van der Waals surface area (Å²) < 4.78 is 0. The quantitative estimate of drug-likeness (QED) is 0.649. The monoisotopic (exact) mass is 196 g/mol. The zero-order chi connectivity index (χ0) is 10.8. The van der Waals surface area contributed by atoms with E-state index in [2.05, 4.69) is 15.3 Å². The Labute approximate surface area is 82.7 Å². The Kier molecular flexibility index (Phi) is 2.90. The molecule has 1 aromatic heterocycles. The summed E-state index contributed by atoms with van der Waals surface area (Å²) in [6.07, 6.45) is 3.02. The van der Waals surface area contributed by atoms with Crippen LogP contribution in [0.15, 0.2) is 17.2 Å². The Balaban J connectivity index is 2.89. The van der Waals surface area contributed by atoms with Gasteiger partial charge in [0, 0.05) is 24.0 Å². The lowest BCUT2D eigenvalue weighted by atomic mass is 9.97. The molecule has 1 rings (SSSR count). The molecule has 1 heterocycles. The van der Waals surface area contributed by atoms with Crippen LogP contribution in [-0.4, -0.2) is 21.5 Å². The predicted molar refractivity (Wildman–Crippen MR) is 56.2 cm³/mol. The van der Waals surface area contributed by atoms with Crippen molar-refractivity contribution < 1.29 is 0 Å². The number of nitrogens with one attached hydrogen (secondary N) is 2. The minimum absolute atomic E-state index is 0.0797. The third-order valence-electron chi connectivity index (χ3n) is 2.29. The molecule has 0 saturated heterocycles. The molecule has 5 heteroatoms. The lowest BCUT2D eigenvalue weighted by Gasteiger charge is -2.30. The first kappa shape index (κ1) is 10.7. The Morgan fingerprint density at radius 2 is 2.29 bits per heavy atom. The van der Waals surface area contributed by atoms with Crippen molar-refractivity contribution in [2.75, 3.05) is 5.32 Å². The van der Waals surface area contributed by atoms with E-state index >= 15 is 0 Å². The maximum absolute atomic E-state index is 11.3. The zero-order valence-corrected chi connectivity index (χ0v) is 8.66. The van der Waals surface area contributed by atoms with Crippen molar-refractivity contribution in [1.29, 1.82) is 0 Å². The van der Waals surface area contributed by atoms with E-state index in [0.717, 1.165) is 0 Å². The smallest absolute Gasteiger partial charge is 0.290 e. The third-order valence-corrected chi connectivity index (χ3v) is 2.29. The van der Waals surface area contributed by atoms with Gasteiger partial charge >= 0.3 is 0 Å². The number of nitrogens with zero attached hydrogens (tertiary/aromatic N) is 1. The number of nitrogens with two attached hydrogens (primary N) is 1. The summed E-state index contributed by atoms with van der Waals surface area (Å²) in [5, 5.41) is 3.01. The Morgan fingerprint density at radius 1 is 1.64 bits per heavy atom. The summed E-state index contributed by atoms with van der Waals surface area (Å²) in [7, 11) is 0. The van der Waals surface area contributed by atoms with E-state index in [-0.39, 0.29) is 17.1 Å². The van der Waals surface area contributed by atoms with Crippen LogP contribution in [0.2, 0.25) is 0 Å². The second-order valence-electron chi connectivity index (χ2n) is 3.90. The molecule has 0 saturated carbocycles. The van der Waals surface area contributed by atoms with Crippen molar-refractivity contribution >= 4 is 5.82 Å². The number of H-pyrrole nitrogens is 1. The van der Waals surface area contributed by atoms with E-state index in [1.165, 1.54) is 12.4 Å². The molecule has 0 spiro atoms. The molecule has 0 amide bonds. The molecule has 1 atom stereocenters. The summed E-state index contributed by atoms with van der Waals surface area (Å²) in [5.41, 5.74) is 5.17. The van der Waals surface area contributed by atoms with Gasteiger partial charge in [-0.3, -0.25) is 4.79 Å². The van der Waals surface area contributed by atoms with E-state index in [9.17, 15) is 4.79 Å². The van der Waals surface area contributed by atoms with Crippen molar-refractivity contribution in [3.8, 4) is 0 Å². The van der Waals surface area contributed by atoms with Gasteiger partial charge in [0.15, 0.2) is 5.82 Å². The minimum Gasteiger partial charge on any atom is -0.359 e. The number of hydrogen-bond donors (Lipinski definition) is 3. The van der Waals surface area contributed by atoms with Gasteiger partial charge in [-0.15, -0.1) is 0 Å². The molecule has 1 unspecified atom stereocenters. The highest BCUT2D eigenvalue weighted by molar-refractivity contribution is 5.34. The van der Waals surface area contributed by atoms with Crippen LogP contribution in [0.25, 0.3) is 0 Å². The molecular formula is C9H16N4O. The van der Waals surface area contributed by atoms with E-state index in [0.29, 0.717) is 5.82 Å². The lowest BCUT2D eigenvalue weighted by molar-refractivity contribution is 0.468. The topological polar surface area (TPSA) is 83.8 Å². The Bertz CT molecular complexity index is 356. The molecule has 0 bridgehead atoms. The van der Waals surface area contributed by atoms with Gasteiger partial charge in [0.05, 0.1) is 0 Å². The molecule has 1 aromatic rings. The maximum Gasteiger partial charge on any atom is 0.290 e. The standard InChI is InChI=1S/C9H16N4O/c1-6(10)9(2,3)13-7-8(14)12-5-4-11-7/h4-6H,10H2,1-3H3,(H,11,13)(H,12,14). The minimum atomic E-state index is -0.360. The fourth-order valence-corrected chi connectivity index (χ4v) is 0.860. The molecule has 0 aliphatic rings. The molecule has 0 aliphatic carbocycles. The highest BCUT2D eigenvalue weighted by atomic mass is 16.1. The molecule has 5 nitrogen and oxygen atoms in total. The molecule has 0 radical (unpaired) electrons. The van der Waals surface area contributed by atoms with Gasteiger partial charge in [-0.25, -0.2) is 4.98 Å². The molecule has 14 heavy (non-hydrogen) atoms. The number of hydrogen-bond acceptors (Lipinski definition) is 4. The van der Waals surface area contributed by atoms with E-state index < -0.39 is 0 Å². The third kappa shape index (κ3) is 2.32. The van der Waals surface area contributed by atoms with Crippen LogP contribution in [-0.2, 0) is 0 Å². The second-order valence-corrected chi connectivity index (χ2v) is 3.90. The highest BCUT2D eigenvalue weighted by Crippen LogP contribution is 2.11. The fourth-order valence-electron chi connectivity index (χ4n) is 0.860. The summed E-state index contributed by atoms with van der Waals surface area (Å²) in [6, 6.07) is -0.0797. The summed E-state index contributed by atoms with van der Waals surface area (Å²) >= 11 is 0. The number of anilines is 1. The summed E-state index contributed by atoms with van der Waals surface area (Å²) in [4.78, 5) is 17.8. The van der Waals surface area contributed by atoms with Crippen molar-refractivity contribution in [2.45, 2.75) is 32.4 Å². The van der Waals surface area contributed by atoms with Gasteiger partial charge in [-0.1, -0.05) is 0 Å². The van der Waals surface area contributed by atoms with Crippen molar-refractivity contribution in [1.82, 2.24) is 9.97 Å². The molecule has 0 aliphatic heterocycles. The first-order valence-corrected chi connectivity index (χ1v) is 4.51. The predicted octanol–water partition coefficient (Wildman–Crippen LogP) is 0.308. The summed E-state index contributed by atoms with van der Waals surface area (Å²) in [5.74, 6) is 0.301. The molecule has 0 aromatic carbocycles. The first-order chi connectivity index (χ1) is 6.43. The van der Waals surface area contributed by atoms with E-state index in [1.807, 2.05) is 20.8 Å². The average Bonchev–Trinajstić information content (AvgIpc) is 2.08. The summed E-state index contributed by atoms with van der Waals surface area (Å²) in [6.45, 7) is 5.72. The molecule has 78 valence electrons. The number of rotatable bonds is 3. The maximum atomic E-state index is 11.3. The first-order valence-electron chi connectivity index (χ1n) is 4.51. The van der Waals surface area contributed by atoms with Crippen LogP contribution < -0.4 is 16.6 Å². The molecule has 0 fully saturated rings. The van der Waals surface area contributed by atoms with E-state index in [1.54, 1.807) is 0 Å². The van der Waals surface area contributed by atoms with Gasteiger partial charge in [0.2, 0.25) is 0 Å². The molecule has 4 N–H and O–H groups in total. The van der Waals surface area contributed by atoms with E-state index in [4.69, 9.17) is 5.73 Å². The van der Waals surface area contributed by atoms with Gasteiger partial charge in [0.25, 0.3) is 5.56 Å². The Morgan fingerprint density at radius 3 is 2.79 bits per heavy atom. The SMILES string of the molecule is CC(N)C(C)(C)Nc1ncc[nH]c1=O. The van der Waals surface area contributed by atoms with Crippen LogP contribution >= 0.6 is 0 Å².